The van der Waals surface area contributed by atoms with Gasteiger partial charge in [-0.2, -0.15) is 0 Å². The van der Waals surface area contributed by atoms with E-state index in [1.165, 1.54) is 43.9 Å². The number of likely N-dealkylation sites (tertiary alicyclic amines) is 1. The second-order valence-electron chi connectivity index (χ2n) is 5.22. The van der Waals surface area contributed by atoms with Crippen LogP contribution in [0, 0.1) is 0 Å². The van der Waals surface area contributed by atoms with Gasteiger partial charge in [0, 0.05) is 12.5 Å². The Morgan fingerprint density at radius 3 is 2.81 bits per heavy atom. The third-order valence-corrected chi connectivity index (χ3v) is 4.07. The van der Waals surface area contributed by atoms with Crippen LogP contribution >= 0.6 is 0 Å². The van der Waals surface area contributed by atoms with E-state index in [1.807, 2.05) is 0 Å². The first-order chi connectivity index (χ1) is 7.77. The maximum Gasteiger partial charge on any atom is 0.150 e. The van der Waals surface area contributed by atoms with Gasteiger partial charge in [0.1, 0.15) is 5.82 Å². The van der Waals surface area contributed by atoms with E-state index in [0.717, 1.165) is 6.42 Å². The number of aryl methyl sites for hydroxylation is 1. The van der Waals surface area contributed by atoms with Crippen molar-refractivity contribution in [3.8, 4) is 0 Å². The SMILES string of the molecule is CC1CCCc2nnc(C3CCCN3C)n21. The summed E-state index contributed by atoms with van der Waals surface area (Å²) in [4.78, 5) is 2.42. The summed E-state index contributed by atoms with van der Waals surface area (Å²) >= 11 is 0. The fourth-order valence-corrected chi connectivity index (χ4v) is 3.14. The van der Waals surface area contributed by atoms with Crippen LogP contribution in [0.4, 0.5) is 0 Å². The second kappa shape index (κ2) is 3.84. The molecule has 1 saturated heterocycles. The summed E-state index contributed by atoms with van der Waals surface area (Å²) in [6.45, 7) is 3.49. The summed E-state index contributed by atoms with van der Waals surface area (Å²) in [5, 5.41) is 8.82. The van der Waals surface area contributed by atoms with Crippen LogP contribution in [0.2, 0.25) is 0 Å². The molecule has 0 amide bonds. The van der Waals surface area contributed by atoms with Crippen molar-refractivity contribution >= 4 is 0 Å². The van der Waals surface area contributed by atoms with Crippen molar-refractivity contribution in [3.05, 3.63) is 11.6 Å². The highest BCUT2D eigenvalue weighted by Gasteiger charge is 2.31. The summed E-state index contributed by atoms with van der Waals surface area (Å²) in [6, 6.07) is 1.09. The van der Waals surface area contributed by atoms with Crippen LogP contribution in [0.3, 0.4) is 0 Å². The van der Waals surface area contributed by atoms with E-state index < -0.39 is 0 Å². The first-order valence-corrected chi connectivity index (χ1v) is 6.41. The van der Waals surface area contributed by atoms with E-state index in [1.54, 1.807) is 0 Å². The fourth-order valence-electron chi connectivity index (χ4n) is 3.14. The summed E-state index contributed by atoms with van der Waals surface area (Å²) in [6.07, 6.45) is 6.17. The molecule has 4 heteroatoms. The molecule has 0 aromatic carbocycles. The highest BCUT2D eigenvalue weighted by Crippen LogP contribution is 2.33. The largest absolute Gasteiger partial charge is 0.311 e. The smallest absolute Gasteiger partial charge is 0.150 e. The minimum absolute atomic E-state index is 0.502. The lowest BCUT2D eigenvalue weighted by atomic mass is 10.0. The Kier molecular flexibility index (Phi) is 2.46. The molecule has 4 nitrogen and oxygen atoms in total. The van der Waals surface area contributed by atoms with Crippen molar-refractivity contribution < 1.29 is 0 Å². The Balaban J connectivity index is 1.98. The van der Waals surface area contributed by atoms with Crippen molar-refractivity contribution in [1.29, 1.82) is 0 Å². The average molecular weight is 220 g/mol. The third-order valence-electron chi connectivity index (χ3n) is 4.07. The fraction of sp³-hybridized carbons (Fsp3) is 0.833. The van der Waals surface area contributed by atoms with Gasteiger partial charge in [-0.3, -0.25) is 4.90 Å². The van der Waals surface area contributed by atoms with Gasteiger partial charge in [0.25, 0.3) is 0 Å². The molecule has 0 spiro atoms. The number of nitrogens with zero attached hydrogens (tertiary/aromatic N) is 4. The van der Waals surface area contributed by atoms with Crippen LogP contribution in [0.15, 0.2) is 0 Å². The highest BCUT2D eigenvalue weighted by atomic mass is 15.3. The van der Waals surface area contributed by atoms with Gasteiger partial charge in [0.05, 0.1) is 6.04 Å². The van der Waals surface area contributed by atoms with Gasteiger partial charge in [-0.1, -0.05) is 0 Å². The van der Waals surface area contributed by atoms with Gasteiger partial charge in [-0.25, -0.2) is 0 Å². The maximum absolute atomic E-state index is 4.45. The lowest BCUT2D eigenvalue weighted by Gasteiger charge is -2.26. The molecule has 3 rings (SSSR count). The van der Waals surface area contributed by atoms with E-state index in [2.05, 4.69) is 33.6 Å². The molecular formula is C12H20N4. The van der Waals surface area contributed by atoms with Crippen LogP contribution in [-0.4, -0.2) is 33.3 Å². The predicted molar refractivity (Wildman–Crippen MR) is 62.3 cm³/mol. The summed E-state index contributed by atoms with van der Waals surface area (Å²) < 4.78 is 2.40. The minimum Gasteiger partial charge on any atom is -0.311 e. The topological polar surface area (TPSA) is 34.0 Å². The zero-order valence-electron chi connectivity index (χ0n) is 10.2. The van der Waals surface area contributed by atoms with Crippen molar-refractivity contribution in [2.45, 2.75) is 51.1 Å². The van der Waals surface area contributed by atoms with Gasteiger partial charge < -0.3 is 4.57 Å². The van der Waals surface area contributed by atoms with Crippen molar-refractivity contribution in [3.63, 3.8) is 0 Å². The minimum atomic E-state index is 0.502. The zero-order chi connectivity index (χ0) is 11.1. The van der Waals surface area contributed by atoms with Crippen molar-refractivity contribution in [2.75, 3.05) is 13.6 Å². The van der Waals surface area contributed by atoms with Crippen LogP contribution in [0.1, 0.15) is 56.3 Å². The Morgan fingerprint density at radius 1 is 1.19 bits per heavy atom. The predicted octanol–water partition coefficient (Wildman–Crippen LogP) is 1.94. The lowest BCUT2D eigenvalue weighted by molar-refractivity contribution is 0.285. The van der Waals surface area contributed by atoms with E-state index >= 15 is 0 Å². The van der Waals surface area contributed by atoms with Gasteiger partial charge in [0.15, 0.2) is 5.82 Å². The quantitative estimate of drug-likeness (QED) is 0.725. The molecule has 2 unspecified atom stereocenters. The Morgan fingerprint density at radius 2 is 2.06 bits per heavy atom. The van der Waals surface area contributed by atoms with E-state index in [-0.39, 0.29) is 0 Å². The molecule has 0 radical (unpaired) electrons. The van der Waals surface area contributed by atoms with Crippen LogP contribution in [-0.2, 0) is 6.42 Å². The number of fused-ring (bicyclic) bond motifs is 1. The van der Waals surface area contributed by atoms with E-state index in [9.17, 15) is 0 Å². The third kappa shape index (κ3) is 1.47. The van der Waals surface area contributed by atoms with E-state index in [4.69, 9.17) is 0 Å². The van der Waals surface area contributed by atoms with Crippen molar-refractivity contribution in [2.24, 2.45) is 0 Å². The molecule has 16 heavy (non-hydrogen) atoms. The Bertz CT molecular complexity index is 384. The van der Waals surface area contributed by atoms with Crippen LogP contribution < -0.4 is 0 Å². The van der Waals surface area contributed by atoms with Gasteiger partial charge in [-0.15, -0.1) is 10.2 Å². The molecule has 1 aromatic heterocycles. The molecule has 0 aliphatic carbocycles. The Labute approximate surface area is 96.7 Å². The molecular weight excluding hydrogens is 200 g/mol. The first-order valence-electron chi connectivity index (χ1n) is 6.41. The molecule has 2 atom stereocenters. The molecule has 0 N–H and O–H groups in total. The van der Waals surface area contributed by atoms with Crippen LogP contribution in [0.25, 0.3) is 0 Å². The number of hydrogen-bond acceptors (Lipinski definition) is 3. The molecule has 2 aliphatic rings. The standard InChI is InChI=1S/C12H20N4/c1-9-5-3-7-11-13-14-12(16(9)11)10-6-4-8-15(10)2/h9-10H,3-8H2,1-2H3. The monoisotopic (exact) mass is 220 g/mol. The zero-order valence-corrected chi connectivity index (χ0v) is 10.2. The number of rotatable bonds is 1. The molecule has 2 aliphatic heterocycles. The molecule has 3 heterocycles. The Hall–Kier alpha value is -0.900. The lowest BCUT2D eigenvalue weighted by Crippen LogP contribution is -2.24. The van der Waals surface area contributed by atoms with Crippen molar-refractivity contribution in [1.82, 2.24) is 19.7 Å². The summed E-state index contributed by atoms with van der Waals surface area (Å²) in [5.74, 6) is 2.41. The molecule has 1 fully saturated rings. The second-order valence-corrected chi connectivity index (χ2v) is 5.22. The first kappa shape index (κ1) is 10.3. The average Bonchev–Trinajstić information content (AvgIpc) is 2.84. The summed E-state index contributed by atoms with van der Waals surface area (Å²) in [5.41, 5.74) is 0. The number of aromatic nitrogens is 3. The van der Waals surface area contributed by atoms with Crippen LogP contribution in [0.5, 0.6) is 0 Å². The van der Waals surface area contributed by atoms with Gasteiger partial charge in [0.2, 0.25) is 0 Å². The molecule has 1 aromatic rings. The molecule has 0 bridgehead atoms. The van der Waals surface area contributed by atoms with Gasteiger partial charge >= 0.3 is 0 Å². The maximum atomic E-state index is 4.45. The normalized spacial score (nSPS) is 30.6. The highest BCUT2D eigenvalue weighted by molar-refractivity contribution is 5.07. The van der Waals surface area contributed by atoms with E-state index in [0.29, 0.717) is 12.1 Å². The molecule has 88 valence electrons. The summed E-state index contributed by atoms with van der Waals surface area (Å²) in [7, 11) is 2.20. The van der Waals surface area contributed by atoms with Gasteiger partial charge in [-0.05, 0) is 46.2 Å². The number of hydrogen-bond donors (Lipinski definition) is 0. The molecule has 0 saturated carbocycles.